The van der Waals surface area contributed by atoms with Crippen molar-refractivity contribution < 1.29 is 14.6 Å². The molecule has 2 aromatic heterocycles. The van der Waals surface area contributed by atoms with Gasteiger partial charge in [0.25, 0.3) is 0 Å². The molecule has 0 radical (unpaired) electrons. The molecule has 0 bridgehead atoms. The third-order valence-electron chi connectivity index (χ3n) is 3.49. The van der Waals surface area contributed by atoms with E-state index >= 15 is 0 Å². The number of aliphatic hydroxyl groups is 1. The number of benzene rings is 1. The number of methoxy groups -OCH3 is 1. The zero-order valence-corrected chi connectivity index (χ0v) is 11.5. The number of hydrogen-bond acceptors (Lipinski definition) is 4. The summed E-state index contributed by atoms with van der Waals surface area (Å²) in [4.78, 5) is 18.9. The third-order valence-corrected chi connectivity index (χ3v) is 3.49. The van der Waals surface area contributed by atoms with Crippen molar-refractivity contribution in [2.75, 3.05) is 7.11 Å². The van der Waals surface area contributed by atoms with E-state index in [9.17, 15) is 9.90 Å². The Bertz CT molecular complexity index is 851. The van der Waals surface area contributed by atoms with Gasteiger partial charge in [-0.1, -0.05) is 24.8 Å². The molecular weight excluding hydrogens is 268 g/mol. The van der Waals surface area contributed by atoms with Crippen molar-refractivity contribution in [3.63, 3.8) is 0 Å². The number of aromatic nitrogens is 2. The van der Waals surface area contributed by atoms with Gasteiger partial charge in [-0.15, -0.1) is 0 Å². The van der Waals surface area contributed by atoms with Crippen molar-refractivity contribution in [1.82, 2.24) is 9.97 Å². The fourth-order valence-corrected chi connectivity index (χ4v) is 2.41. The lowest BCUT2D eigenvalue weighted by Gasteiger charge is -2.12. The predicted molar refractivity (Wildman–Crippen MR) is 79.7 cm³/mol. The quantitative estimate of drug-likeness (QED) is 0.571. The van der Waals surface area contributed by atoms with E-state index in [0.29, 0.717) is 11.2 Å². The number of aromatic amines is 1. The molecule has 0 fully saturated rings. The number of aliphatic hydroxyl groups excluding tert-OH is 1. The van der Waals surface area contributed by atoms with E-state index in [1.165, 1.54) is 7.11 Å². The predicted octanol–water partition coefficient (Wildman–Crippen LogP) is 2.48. The summed E-state index contributed by atoms with van der Waals surface area (Å²) in [7, 11) is 1.25. The van der Waals surface area contributed by atoms with E-state index in [0.717, 1.165) is 16.3 Å². The number of para-hydroxylation sites is 1. The Hall–Kier alpha value is -2.66. The highest BCUT2D eigenvalue weighted by Crippen LogP contribution is 2.31. The van der Waals surface area contributed by atoms with Gasteiger partial charge in [-0.2, -0.15) is 0 Å². The Morgan fingerprint density at radius 3 is 2.86 bits per heavy atom. The molecule has 3 rings (SSSR count). The summed E-state index contributed by atoms with van der Waals surface area (Å²) in [6, 6.07) is 9.67. The lowest BCUT2D eigenvalue weighted by molar-refractivity contribution is -0.137. The van der Waals surface area contributed by atoms with E-state index in [1.54, 1.807) is 6.20 Å². The minimum atomic E-state index is -1.21. The van der Waals surface area contributed by atoms with Crippen LogP contribution in [0.3, 0.4) is 0 Å². The van der Waals surface area contributed by atoms with E-state index in [-0.39, 0.29) is 5.57 Å². The molecule has 106 valence electrons. The van der Waals surface area contributed by atoms with Gasteiger partial charge in [0.05, 0.1) is 23.9 Å². The van der Waals surface area contributed by atoms with Crippen LogP contribution in [0.1, 0.15) is 11.8 Å². The highest BCUT2D eigenvalue weighted by molar-refractivity contribution is 6.08. The lowest BCUT2D eigenvalue weighted by atomic mass is 10.1. The molecule has 2 N–H and O–H groups in total. The topological polar surface area (TPSA) is 75.2 Å². The molecule has 0 spiro atoms. The number of fused-ring (bicyclic) bond motifs is 3. The molecule has 5 nitrogen and oxygen atoms in total. The zero-order chi connectivity index (χ0) is 15.0. The van der Waals surface area contributed by atoms with Crippen LogP contribution in [0.4, 0.5) is 0 Å². The average Bonchev–Trinajstić information content (AvgIpc) is 2.91. The normalized spacial score (nSPS) is 12.5. The minimum absolute atomic E-state index is 0.0452. The largest absolute Gasteiger partial charge is 0.466 e. The van der Waals surface area contributed by atoms with E-state index in [1.807, 2.05) is 30.3 Å². The Morgan fingerprint density at radius 2 is 2.10 bits per heavy atom. The summed E-state index contributed by atoms with van der Waals surface area (Å²) in [5.41, 5.74) is 1.95. The second-order valence-electron chi connectivity index (χ2n) is 4.71. The van der Waals surface area contributed by atoms with Gasteiger partial charge in [0.15, 0.2) is 0 Å². The van der Waals surface area contributed by atoms with Crippen LogP contribution in [0, 0.1) is 0 Å². The number of hydrogen-bond donors (Lipinski definition) is 2. The number of ether oxygens (including phenoxy) is 1. The van der Waals surface area contributed by atoms with Crippen LogP contribution in [-0.2, 0) is 9.53 Å². The zero-order valence-electron chi connectivity index (χ0n) is 11.5. The van der Waals surface area contributed by atoms with E-state index in [4.69, 9.17) is 0 Å². The molecule has 0 saturated carbocycles. The van der Waals surface area contributed by atoms with E-state index in [2.05, 4.69) is 21.3 Å². The Morgan fingerprint density at radius 1 is 1.33 bits per heavy atom. The monoisotopic (exact) mass is 282 g/mol. The molecular formula is C16H14N2O3. The maximum atomic E-state index is 11.5. The molecule has 1 atom stereocenters. The first-order valence-electron chi connectivity index (χ1n) is 6.44. The Labute approximate surface area is 120 Å². The smallest absolute Gasteiger partial charge is 0.336 e. The van der Waals surface area contributed by atoms with Crippen LogP contribution in [0.5, 0.6) is 0 Å². The molecule has 0 saturated heterocycles. The summed E-state index contributed by atoms with van der Waals surface area (Å²) in [6.07, 6.45) is 0.389. The summed E-state index contributed by atoms with van der Waals surface area (Å²) in [6.45, 7) is 3.58. The second-order valence-corrected chi connectivity index (χ2v) is 4.71. The maximum absolute atomic E-state index is 11.5. The second kappa shape index (κ2) is 5.03. The van der Waals surface area contributed by atoms with Gasteiger partial charge in [-0.25, -0.2) is 4.79 Å². The summed E-state index contributed by atoms with van der Waals surface area (Å²) in [5.74, 6) is -0.655. The first kappa shape index (κ1) is 13.3. The highest BCUT2D eigenvalue weighted by atomic mass is 16.5. The Kier molecular flexibility index (Phi) is 3.19. The summed E-state index contributed by atoms with van der Waals surface area (Å²) < 4.78 is 4.59. The number of carbonyl (C=O) groups excluding carboxylic acids is 1. The standard InChI is InChI=1S/C16H14N2O3/c1-9(16(20)21-2)15(19)14-13-11(7-8-17-14)10-5-3-4-6-12(10)18-13/h3-8,15,18-19H,1H2,2H3. The number of esters is 1. The summed E-state index contributed by atoms with van der Waals surface area (Å²) in [5, 5.41) is 12.3. The fraction of sp³-hybridized carbons (Fsp3) is 0.125. The van der Waals surface area contributed by atoms with Crippen LogP contribution in [0.15, 0.2) is 48.7 Å². The first-order chi connectivity index (χ1) is 10.1. The van der Waals surface area contributed by atoms with Crippen LogP contribution >= 0.6 is 0 Å². The molecule has 1 unspecified atom stereocenters. The SMILES string of the molecule is C=C(C(=O)OC)C(O)c1nccc2c1[nH]c1ccccc12. The Balaban J connectivity index is 2.19. The molecule has 21 heavy (non-hydrogen) atoms. The van der Waals surface area contributed by atoms with Crippen molar-refractivity contribution >= 4 is 27.8 Å². The number of pyridine rings is 1. The van der Waals surface area contributed by atoms with Crippen LogP contribution in [0.25, 0.3) is 21.8 Å². The van der Waals surface area contributed by atoms with Crippen LogP contribution in [-0.4, -0.2) is 28.2 Å². The third kappa shape index (κ3) is 2.08. The molecule has 0 amide bonds. The van der Waals surface area contributed by atoms with Crippen molar-refractivity contribution in [2.24, 2.45) is 0 Å². The first-order valence-corrected chi connectivity index (χ1v) is 6.44. The van der Waals surface area contributed by atoms with E-state index < -0.39 is 12.1 Å². The number of nitrogens with zero attached hydrogens (tertiary/aromatic N) is 1. The van der Waals surface area contributed by atoms with Gasteiger partial charge >= 0.3 is 5.97 Å². The molecule has 0 aliphatic heterocycles. The molecule has 0 aliphatic carbocycles. The molecule has 2 heterocycles. The molecule has 3 aromatic rings. The molecule has 0 aliphatic rings. The van der Waals surface area contributed by atoms with Gasteiger partial charge in [-0.05, 0) is 12.1 Å². The highest BCUT2D eigenvalue weighted by Gasteiger charge is 2.23. The molecule has 1 aromatic carbocycles. The van der Waals surface area contributed by atoms with Crippen molar-refractivity contribution in [3.05, 3.63) is 54.4 Å². The fourth-order valence-electron chi connectivity index (χ4n) is 2.41. The van der Waals surface area contributed by atoms with Crippen molar-refractivity contribution in [1.29, 1.82) is 0 Å². The van der Waals surface area contributed by atoms with Gasteiger partial charge < -0.3 is 14.8 Å². The van der Waals surface area contributed by atoms with Crippen molar-refractivity contribution in [2.45, 2.75) is 6.10 Å². The average molecular weight is 282 g/mol. The van der Waals surface area contributed by atoms with Gasteiger partial charge in [0.2, 0.25) is 0 Å². The number of rotatable bonds is 3. The van der Waals surface area contributed by atoms with Gasteiger partial charge in [0.1, 0.15) is 6.10 Å². The van der Waals surface area contributed by atoms with Crippen molar-refractivity contribution in [3.8, 4) is 0 Å². The van der Waals surface area contributed by atoms with Gasteiger partial charge in [-0.3, -0.25) is 4.98 Å². The summed E-state index contributed by atoms with van der Waals surface area (Å²) >= 11 is 0. The number of H-pyrrole nitrogens is 1. The molecule has 5 heteroatoms. The van der Waals surface area contributed by atoms with Crippen LogP contribution in [0.2, 0.25) is 0 Å². The van der Waals surface area contributed by atoms with Gasteiger partial charge in [0, 0.05) is 22.5 Å². The maximum Gasteiger partial charge on any atom is 0.336 e. The number of nitrogens with one attached hydrogen (secondary N) is 1. The minimum Gasteiger partial charge on any atom is -0.466 e. The van der Waals surface area contributed by atoms with Crippen LogP contribution < -0.4 is 0 Å². The number of carbonyl (C=O) groups is 1. The lowest BCUT2D eigenvalue weighted by Crippen LogP contribution is -2.13.